The van der Waals surface area contributed by atoms with Crippen molar-refractivity contribution in [2.45, 2.75) is 11.3 Å². The van der Waals surface area contributed by atoms with E-state index in [1.807, 2.05) is 0 Å². The number of carboxylic acid groups (broad SMARTS) is 1. The summed E-state index contributed by atoms with van der Waals surface area (Å²) in [5, 5.41) is 8.81. The number of benzene rings is 1. The fourth-order valence-electron chi connectivity index (χ4n) is 2.01. The quantitative estimate of drug-likeness (QED) is 0.903. The molecule has 104 valence electrons. The Balaban J connectivity index is 2.37. The predicted molar refractivity (Wildman–Crippen MR) is 60.9 cm³/mol. The van der Waals surface area contributed by atoms with Gasteiger partial charge in [0.2, 0.25) is 10.0 Å². The first-order chi connectivity index (χ1) is 8.84. The zero-order valence-corrected chi connectivity index (χ0v) is 10.5. The summed E-state index contributed by atoms with van der Waals surface area (Å²) >= 11 is 0. The van der Waals surface area contributed by atoms with Crippen molar-refractivity contribution >= 4 is 16.0 Å². The highest BCUT2D eigenvalue weighted by molar-refractivity contribution is 7.89. The molecule has 1 aromatic carbocycles. The Morgan fingerprint density at radius 1 is 1.32 bits per heavy atom. The van der Waals surface area contributed by atoms with Gasteiger partial charge in [0.1, 0.15) is 11.6 Å². The van der Waals surface area contributed by atoms with Crippen LogP contribution >= 0.6 is 0 Å². The Morgan fingerprint density at radius 3 is 2.37 bits per heavy atom. The molecule has 1 heterocycles. The van der Waals surface area contributed by atoms with Gasteiger partial charge < -0.3 is 5.11 Å². The molecule has 0 aliphatic carbocycles. The van der Waals surface area contributed by atoms with Crippen molar-refractivity contribution in [3.8, 4) is 0 Å². The fraction of sp³-hybridized carbons (Fsp3) is 0.364. The topological polar surface area (TPSA) is 74.7 Å². The SMILES string of the molecule is O=C(O)[C@@H]1CCN(S(=O)(=O)c2c(F)cccc2F)C1. The minimum Gasteiger partial charge on any atom is -0.481 e. The molecule has 1 aliphatic rings. The monoisotopic (exact) mass is 291 g/mol. The molecule has 1 saturated heterocycles. The van der Waals surface area contributed by atoms with Gasteiger partial charge in [-0.05, 0) is 18.6 Å². The molecule has 0 saturated carbocycles. The molecule has 5 nitrogen and oxygen atoms in total. The first kappa shape index (κ1) is 13.9. The van der Waals surface area contributed by atoms with Crippen LogP contribution in [0.25, 0.3) is 0 Å². The molecule has 0 bridgehead atoms. The molecule has 2 rings (SSSR count). The van der Waals surface area contributed by atoms with Crippen LogP contribution in [0.15, 0.2) is 23.1 Å². The van der Waals surface area contributed by atoms with E-state index in [0.717, 1.165) is 22.5 Å². The Labute approximate surface area is 108 Å². The van der Waals surface area contributed by atoms with Crippen LogP contribution in [0.2, 0.25) is 0 Å². The zero-order valence-electron chi connectivity index (χ0n) is 9.71. The van der Waals surface area contributed by atoms with E-state index in [4.69, 9.17) is 5.11 Å². The molecule has 1 aliphatic heterocycles. The van der Waals surface area contributed by atoms with Crippen molar-refractivity contribution in [3.63, 3.8) is 0 Å². The van der Waals surface area contributed by atoms with Crippen molar-refractivity contribution in [2.24, 2.45) is 5.92 Å². The number of halogens is 2. The van der Waals surface area contributed by atoms with Crippen molar-refractivity contribution in [3.05, 3.63) is 29.8 Å². The van der Waals surface area contributed by atoms with Gasteiger partial charge in [-0.3, -0.25) is 4.79 Å². The van der Waals surface area contributed by atoms with Crippen LogP contribution in [0.5, 0.6) is 0 Å². The average molecular weight is 291 g/mol. The number of carbonyl (C=O) groups is 1. The largest absolute Gasteiger partial charge is 0.481 e. The summed E-state index contributed by atoms with van der Waals surface area (Å²) in [7, 11) is -4.35. The normalized spacial score (nSPS) is 20.6. The Morgan fingerprint density at radius 2 is 1.89 bits per heavy atom. The van der Waals surface area contributed by atoms with Gasteiger partial charge >= 0.3 is 5.97 Å². The summed E-state index contributed by atoms with van der Waals surface area (Å²) in [6.45, 7) is -0.335. The summed E-state index contributed by atoms with van der Waals surface area (Å²) in [4.78, 5) is 9.75. The third-order valence-corrected chi connectivity index (χ3v) is 4.93. The van der Waals surface area contributed by atoms with Crippen LogP contribution in [0.3, 0.4) is 0 Å². The predicted octanol–water partition coefficient (Wildman–Crippen LogP) is 1.06. The van der Waals surface area contributed by atoms with Gasteiger partial charge in [0.05, 0.1) is 5.92 Å². The number of rotatable bonds is 3. The molecule has 8 heteroatoms. The molecule has 1 fully saturated rings. The molecule has 1 atom stereocenters. The molecule has 0 spiro atoms. The maximum Gasteiger partial charge on any atom is 0.307 e. The second-order valence-corrected chi connectivity index (χ2v) is 6.11. The summed E-state index contributed by atoms with van der Waals surface area (Å²) in [5.74, 6) is -4.33. The van der Waals surface area contributed by atoms with Crippen molar-refractivity contribution in [2.75, 3.05) is 13.1 Å². The first-order valence-corrected chi connectivity index (χ1v) is 6.95. The van der Waals surface area contributed by atoms with E-state index in [1.54, 1.807) is 0 Å². The first-order valence-electron chi connectivity index (χ1n) is 5.51. The van der Waals surface area contributed by atoms with Crippen LogP contribution in [0.4, 0.5) is 8.78 Å². The van der Waals surface area contributed by atoms with Gasteiger partial charge in [-0.25, -0.2) is 17.2 Å². The number of aliphatic carboxylic acids is 1. The lowest BCUT2D eigenvalue weighted by molar-refractivity contribution is -0.141. The second-order valence-electron chi connectivity index (χ2n) is 4.24. The maximum absolute atomic E-state index is 13.5. The Kier molecular flexibility index (Phi) is 3.55. The molecular weight excluding hydrogens is 280 g/mol. The Bertz CT molecular complexity index is 597. The van der Waals surface area contributed by atoms with Gasteiger partial charge in [-0.1, -0.05) is 6.07 Å². The van der Waals surface area contributed by atoms with E-state index >= 15 is 0 Å². The van der Waals surface area contributed by atoms with Gasteiger partial charge in [0.25, 0.3) is 0 Å². The van der Waals surface area contributed by atoms with E-state index in [9.17, 15) is 22.0 Å². The minimum atomic E-state index is -4.35. The van der Waals surface area contributed by atoms with Gasteiger partial charge in [0.15, 0.2) is 4.90 Å². The average Bonchev–Trinajstić information content (AvgIpc) is 2.78. The molecule has 0 aromatic heterocycles. The van der Waals surface area contributed by atoms with Gasteiger partial charge in [-0.15, -0.1) is 0 Å². The summed E-state index contributed by atoms with van der Waals surface area (Å²) < 4.78 is 52.0. The Hall–Kier alpha value is -1.54. The number of nitrogens with zero attached hydrogens (tertiary/aromatic N) is 1. The van der Waals surface area contributed by atoms with Crippen LogP contribution in [-0.2, 0) is 14.8 Å². The van der Waals surface area contributed by atoms with E-state index in [1.165, 1.54) is 0 Å². The zero-order chi connectivity index (χ0) is 14.2. The number of hydrogen-bond donors (Lipinski definition) is 1. The summed E-state index contributed by atoms with van der Waals surface area (Å²) in [5.41, 5.74) is 0. The molecule has 19 heavy (non-hydrogen) atoms. The van der Waals surface area contributed by atoms with Crippen molar-refractivity contribution in [1.29, 1.82) is 0 Å². The van der Waals surface area contributed by atoms with Crippen molar-refractivity contribution < 1.29 is 27.1 Å². The molecule has 0 unspecified atom stereocenters. The number of hydrogen-bond acceptors (Lipinski definition) is 3. The van der Waals surface area contributed by atoms with E-state index < -0.39 is 38.4 Å². The third kappa shape index (κ3) is 2.45. The lowest BCUT2D eigenvalue weighted by Gasteiger charge is -2.16. The van der Waals surface area contributed by atoms with Crippen LogP contribution in [0, 0.1) is 17.6 Å². The molecule has 1 N–H and O–H groups in total. The van der Waals surface area contributed by atoms with Crippen LogP contribution in [0.1, 0.15) is 6.42 Å². The lowest BCUT2D eigenvalue weighted by atomic mass is 10.1. The standard InChI is InChI=1S/C11H11F2NO4S/c12-8-2-1-3-9(13)10(8)19(17,18)14-5-4-7(6-14)11(15)16/h1-3,7H,4-6H2,(H,15,16)/t7-/m1/s1. The smallest absolute Gasteiger partial charge is 0.307 e. The van der Waals surface area contributed by atoms with Crippen LogP contribution in [-0.4, -0.2) is 36.9 Å². The second kappa shape index (κ2) is 4.86. The minimum absolute atomic E-state index is 0.0624. The summed E-state index contributed by atoms with van der Waals surface area (Å²) in [6.07, 6.45) is 0.130. The van der Waals surface area contributed by atoms with Crippen LogP contribution < -0.4 is 0 Å². The highest BCUT2D eigenvalue weighted by Crippen LogP contribution is 2.27. The molecule has 0 radical (unpaired) electrons. The highest BCUT2D eigenvalue weighted by atomic mass is 32.2. The van der Waals surface area contributed by atoms with Gasteiger partial charge in [-0.2, -0.15) is 4.31 Å². The molecule has 0 amide bonds. The number of sulfonamides is 1. The van der Waals surface area contributed by atoms with E-state index in [0.29, 0.717) is 0 Å². The molecule has 1 aromatic rings. The van der Waals surface area contributed by atoms with E-state index in [-0.39, 0.29) is 19.5 Å². The highest BCUT2D eigenvalue weighted by Gasteiger charge is 2.38. The summed E-state index contributed by atoms with van der Waals surface area (Å²) in [6, 6.07) is 2.76. The van der Waals surface area contributed by atoms with Crippen molar-refractivity contribution in [1.82, 2.24) is 4.31 Å². The lowest BCUT2D eigenvalue weighted by Crippen LogP contribution is -2.31. The van der Waals surface area contributed by atoms with Gasteiger partial charge in [0, 0.05) is 13.1 Å². The molecular formula is C11H11F2NO4S. The number of carboxylic acids is 1. The maximum atomic E-state index is 13.5. The third-order valence-electron chi connectivity index (χ3n) is 3.02. The van der Waals surface area contributed by atoms with E-state index in [2.05, 4.69) is 0 Å². The fourth-order valence-corrected chi connectivity index (χ4v) is 3.62.